The Hall–Kier alpha value is -1.44. The number of benzene rings is 1. The second-order valence-corrected chi connectivity index (χ2v) is 4.10. The molecule has 1 aromatic heterocycles. The standard InChI is InChI=1S/C14H19NO.C2H6/c1-2-3-4-5-11-16-14-8-6-7-13-12(14)9-10-15-13;1-2/h6-10,15H,2-5,11H2,1H3;1-2H3. The number of fused-ring (bicyclic) bond motifs is 1. The van der Waals surface area contributed by atoms with Crippen LogP contribution in [0.1, 0.15) is 46.5 Å². The molecule has 1 N–H and O–H groups in total. The molecule has 0 aliphatic heterocycles. The summed E-state index contributed by atoms with van der Waals surface area (Å²) in [6.07, 6.45) is 6.94. The van der Waals surface area contributed by atoms with Crippen molar-refractivity contribution in [2.75, 3.05) is 6.61 Å². The third-order valence-corrected chi connectivity index (χ3v) is 2.81. The Morgan fingerprint density at radius 2 is 1.89 bits per heavy atom. The highest BCUT2D eigenvalue weighted by Gasteiger charge is 2.01. The van der Waals surface area contributed by atoms with Gasteiger partial charge in [0.1, 0.15) is 5.75 Å². The number of aromatic nitrogens is 1. The Bertz CT molecular complexity index is 433. The van der Waals surface area contributed by atoms with Gasteiger partial charge >= 0.3 is 0 Å². The summed E-state index contributed by atoms with van der Waals surface area (Å²) in [5.41, 5.74) is 1.14. The number of ether oxygens (including phenoxy) is 1. The highest BCUT2D eigenvalue weighted by molar-refractivity contribution is 5.85. The maximum absolute atomic E-state index is 5.80. The summed E-state index contributed by atoms with van der Waals surface area (Å²) in [5.74, 6) is 0.996. The van der Waals surface area contributed by atoms with Crippen LogP contribution in [-0.4, -0.2) is 11.6 Å². The largest absolute Gasteiger partial charge is 0.493 e. The summed E-state index contributed by atoms with van der Waals surface area (Å²) in [6, 6.07) is 8.20. The molecule has 0 aliphatic rings. The molecule has 0 saturated carbocycles. The Morgan fingerprint density at radius 1 is 1.06 bits per heavy atom. The Morgan fingerprint density at radius 3 is 2.67 bits per heavy atom. The van der Waals surface area contributed by atoms with Crippen LogP contribution in [0.2, 0.25) is 0 Å². The third-order valence-electron chi connectivity index (χ3n) is 2.81. The second-order valence-electron chi connectivity index (χ2n) is 4.10. The van der Waals surface area contributed by atoms with E-state index in [4.69, 9.17) is 4.74 Å². The van der Waals surface area contributed by atoms with Crippen molar-refractivity contribution in [2.45, 2.75) is 46.5 Å². The van der Waals surface area contributed by atoms with E-state index < -0.39 is 0 Å². The van der Waals surface area contributed by atoms with Crippen LogP contribution < -0.4 is 4.74 Å². The van der Waals surface area contributed by atoms with E-state index in [1.165, 1.54) is 24.6 Å². The van der Waals surface area contributed by atoms with Crippen LogP contribution in [0.25, 0.3) is 10.9 Å². The molecule has 0 aliphatic carbocycles. The lowest BCUT2D eigenvalue weighted by atomic mass is 10.2. The number of hydrogen-bond donors (Lipinski definition) is 1. The number of unbranched alkanes of at least 4 members (excludes halogenated alkanes) is 3. The van der Waals surface area contributed by atoms with Crippen LogP contribution in [-0.2, 0) is 0 Å². The minimum absolute atomic E-state index is 0.824. The monoisotopic (exact) mass is 247 g/mol. The summed E-state index contributed by atoms with van der Waals surface area (Å²) in [4.78, 5) is 3.19. The van der Waals surface area contributed by atoms with Crippen molar-refractivity contribution in [3.8, 4) is 5.75 Å². The molecule has 2 nitrogen and oxygen atoms in total. The quantitative estimate of drug-likeness (QED) is 0.701. The SMILES string of the molecule is CC.CCCCCCOc1cccc2[nH]ccc12. The number of aromatic amines is 1. The molecular weight excluding hydrogens is 222 g/mol. The van der Waals surface area contributed by atoms with Crippen LogP contribution in [0.15, 0.2) is 30.5 Å². The second kappa shape index (κ2) is 8.62. The molecule has 0 fully saturated rings. The minimum Gasteiger partial charge on any atom is -0.493 e. The van der Waals surface area contributed by atoms with Gasteiger partial charge in [-0.05, 0) is 24.6 Å². The first-order valence-electron chi connectivity index (χ1n) is 7.10. The van der Waals surface area contributed by atoms with E-state index in [2.05, 4.69) is 24.0 Å². The summed E-state index contributed by atoms with van der Waals surface area (Å²) in [5, 5.41) is 1.18. The van der Waals surface area contributed by atoms with E-state index in [9.17, 15) is 0 Å². The van der Waals surface area contributed by atoms with Gasteiger partial charge in [0.25, 0.3) is 0 Å². The van der Waals surface area contributed by atoms with Gasteiger partial charge in [0, 0.05) is 17.1 Å². The Balaban J connectivity index is 0.000000771. The average molecular weight is 247 g/mol. The predicted molar refractivity (Wildman–Crippen MR) is 79.3 cm³/mol. The molecule has 100 valence electrons. The molecule has 0 atom stereocenters. The van der Waals surface area contributed by atoms with Gasteiger partial charge in [-0.1, -0.05) is 46.1 Å². The fourth-order valence-electron chi connectivity index (χ4n) is 1.89. The van der Waals surface area contributed by atoms with Crippen LogP contribution in [0.3, 0.4) is 0 Å². The summed E-state index contributed by atoms with van der Waals surface area (Å²) >= 11 is 0. The lowest BCUT2D eigenvalue weighted by molar-refractivity contribution is 0.308. The van der Waals surface area contributed by atoms with Crippen LogP contribution in [0.5, 0.6) is 5.75 Å². The molecule has 2 rings (SSSR count). The van der Waals surface area contributed by atoms with Gasteiger partial charge in [-0.15, -0.1) is 0 Å². The normalized spacial score (nSPS) is 9.94. The van der Waals surface area contributed by atoms with Crippen LogP contribution >= 0.6 is 0 Å². The van der Waals surface area contributed by atoms with E-state index in [0.29, 0.717) is 0 Å². The summed E-state index contributed by atoms with van der Waals surface area (Å²) in [7, 11) is 0. The van der Waals surface area contributed by atoms with Gasteiger partial charge in [0.15, 0.2) is 0 Å². The smallest absolute Gasteiger partial charge is 0.128 e. The molecule has 0 bridgehead atoms. The molecular formula is C16H25NO. The first-order chi connectivity index (χ1) is 8.92. The van der Waals surface area contributed by atoms with Gasteiger partial charge in [-0.2, -0.15) is 0 Å². The average Bonchev–Trinajstić information content (AvgIpc) is 2.90. The van der Waals surface area contributed by atoms with Gasteiger partial charge < -0.3 is 9.72 Å². The van der Waals surface area contributed by atoms with Crippen LogP contribution in [0.4, 0.5) is 0 Å². The Kier molecular flexibility index (Phi) is 7.00. The summed E-state index contributed by atoms with van der Waals surface area (Å²) in [6.45, 7) is 7.05. The molecule has 1 heterocycles. The molecule has 18 heavy (non-hydrogen) atoms. The molecule has 2 aromatic rings. The highest BCUT2D eigenvalue weighted by Crippen LogP contribution is 2.24. The number of hydrogen-bond acceptors (Lipinski definition) is 1. The topological polar surface area (TPSA) is 25.0 Å². The number of nitrogens with one attached hydrogen (secondary N) is 1. The minimum atomic E-state index is 0.824. The molecule has 2 heteroatoms. The Labute approximate surface area is 110 Å². The van der Waals surface area contributed by atoms with Gasteiger partial charge in [0.2, 0.25) is 0 Å². The third kappa shape index (κ3) is 4.10. The maximum Gasteiger partial charge on any atom is 0.128 e. The lowest BCUT2D eigenvalue weighted by Gasteiger charge is -2.06. The fraction of sp³-hybridized carbons (Fsp3) is 0.500. The molecule has 0 saturated heterocycles. The number of H-pyrrole nitrogens is 1. The lowest BCUT2D eigenvalue weighted by Crippen LogP contribution is -1.97. The van der Waals surface area contributed by atoms with Gasteiger partial charge in [-0.3, -0.25) is 0 Å². The molecule has 1 aromatic carbocycles. The zero-order valence-corrected chi connectivity index (χ0v) is 11.8. The van der Waals surface area contributed by atoms with Crippen molar-refractivity contribution < 1.29 is 4.74 Å². The molecule has 0 amide bonds. The van der Waals surface area contributed by atoms with Crippen molar-refractivity contribution in [1.82, 2.24) is 4.98 Å². The molecule has 0 unspecified atom stereocenters. The van der Waals surface area contributed by atoms with Crippen molar-refractivity contribution in [1.29, 1.82) is 0 Å². The van der Waals surface area contributed by atoms with E-state index in [1.54, 1.807) is 0 Å². The first-order valence-corrected chi connectivity index (χ1v) is 7.10. The fourth-order valence-corrected chi connectivity index (χ4v) is 1.89. The summed E-state index contributed by atoms with van der Waals surface area (Å²) < 4.78 is 5.80. The van der Waals surface area contributed by atoms with E-state index in [1.807, 2.05) is 32.2 Å². The number of rotatable bonds is 6. The predicted octanol–water partition coefficient (Wildman–Crippen LogP) is 5.15. The van der Waals surface area contributed by atoms with Crippen molar-refractivity contribution in [3.63, 3.8) is 0 Å². The zero-order chi connectivity index (χ0) is 13.2. The molecule has 0 spiro atoms. The van der Waals surface area contributed by atoms with Crippen LogP contribution in [0, 0.1) is 0 Å². The zero-order valence-electron chi connectivity index (χ0n) is 11.8. The van der Waals surface area contributed by atoms with E-state index >= 15 is 0 Å². The van der Waals surface area contributed by atoms with Gasteiger partial charge in [-0.25, -0.2) is 0 Å². The van der Waals surface area contributed by atoms with Crippen molar-refractivity contribution in [2.24, 2.45) is 0 Å². The highest BCUT2D eigenvalue weighted by atomic mass is 16.5. The maximum atomic E-state index is 5.80. The molecule has 0 radical (unpaired) electrons. The van der Waals surface area contributed by atoms with E-state index in [0.717, 1.165) is 24.3 Å². The first kappa shape index (κ1) is 14.6. The van der Waals surface area contributed by atoms with E-state index in [-0.39, 0.29) is 0 Å². The van der Waals surface area contributed by atoms with Gasteiger partial charge in [0.05, 0.1) is 6.61 Å². The van der Waals surface area contributed by atoms with Crippen molar-refractivity contribution >= 4 is 10.9 Å². The van der Waals surface area contributed by atoms with Crippen molar-refractivity contribution in [3.05, 3.63) is 30.5 Å².